The van der Waals surface area contributed by atoms with Gasteiger partial charge in [-0.2, -0.15) is 0 Å². The minimum Gasteiger partial charge on any atom is -0.534 e. The Bertz CT molecular complexity index is 1310. The van der Waals surface area contributed by atoms with Crippen LogP contribution in [0.25, 0.3) is 11.1 Å². The SMILES string of the molecule is C=C1OB(c2ccc3c(c2)C(CCCCCCBr)(CCCCCCBr)c2cc(B4OC(=C)C(C)(C)O4)ccc2-3)OC1=C. The van der Waals surface area contributed by atoms with E-state index in [0.717, 1.165) is 34.4 Å². The minimum absolute atomic E-state index is 0.114. The molecule has 222 valence electrons. The van der Waals surface area contributed by atoms with Gasteiger partial charge in [0.2, 0.25) is 0 Å². The third-order valence-corrected chi connectivity index (χ3v) is 10.2. The summed E-state index contributed by atoms with van der Waals surface area (Å²) in [5.74, 6) is 1.67. The standard InChI is InChI=1S/C34H42B2Br2O4/c1-24-25(2)40-35(39-24)27-14-16-29-30-17-15-28(36-41-26(3)33(4,5)42-36)23-32(30)34(31(29)22-27,18-10-6-8-12-20-37)19-11-7-9-13-21-38/h14-17,22-23H,1-3,6-13,18-21H2,4-5H3. The highest BCUT2D eigenvalue weighted by Crippen LogP contribution is 2.54. The Morgan fingerprint density at radius 3 is 1.57 bits per heavy atom. The molecule has 0 radical (unpaired) electrons. The highest BCUT2D eigenvalue weighted by molar-refractivity contribution is 9.09. The smallest absolute Gasteiger partial charge is 0.534 e. The zero-order chi connectivity index (χ0) is 29.9. The zero-order valence-corrected chi connectivity index (χ0v) is 28.3. The number of hydrogen-bond donors (Lipinski definition) is 0. The third-order valence-electron chi connectivity index (χ3n) is 9.06. The fourth-order valence-corrected chi connectivity index (χ4v) is 7.34. The average molecular weight is 696 g/mol. The van der Waals surface area contributed by atoms with Crippen LogP contribution in [0.5, 0.6) is 0 Å². The summed E-state index contributed by atoms with van der Waals surface area (Å²) in [6, 6.07) is 13.5. The Morgan fingerprint density at radius 2 is 1.12 bits per heavy atom. The molecular weight excluding hydrogens is 654 g/mol. The predicted molar refractivity (Wildman–Crippen MR) is 183 cm³/mol. The summed E-state index contributed by atoms with van der Waals surface area (Å²) >= 11 is 7.22. The van der Waals surface area contributed by atoms with Crippen molar-refractivity contribution in [3.63, 3.8) is 0 Å². The molecule has 42 heavy (non-hydrogen) atoms. The third kappa shape index (κ3) is 6.32. The zero-order valence-electron chi connectivity index (χ0n) is 25.1. The molecule has 1 aliphatic carbocycles. The van der Waals surface area contributed by atoms with E-state index in [0.29, 0.717) is 17.3 Å². The van der Waals surface area contributed by atoms with E-state index in [1.54, 1.807) is 0 Å². The van der Waals surface area contributed by atoms with Crippen molar-refractivity contribution >= 4 is 57.0 Å². The van der Waals surface area contributed by atoms with E-state index in [4.69, 9.17) is 18.6 Å². The summed E-state index contributed by atoms with van der Waals surface area (Å²) in [7, 11) is -0.969. The fourth-order valence-electron chi connectivity index (χ4n) is 6.55. The molecule has 0 spiro atoms. The van der Waals surface area contributed by atoms with Crippen molar-refractivity contribution in [3.05, 3.63) is 84.5 Å². The van der Waals surface area contributed by atoms with Gasteiger partial charge in [0.25, 0.3) is 0 Å². The van der Waals surface area contributed by atoms with Crippen molar-refractivity contribution in [2.75, 3.05) is 10.7 Å². The highest BCUT2D eigenvalue weighted by atomic mass is 79.9. The molecule has 2 heterocycles. The summed E-state index contributed by atoms with van der Waals surface area (Å²) in [4.78, 5) is 0. The molecule has 8 heteroatoms. The molecule has 2 aliphatic heterocycles. The van der Waals surface area contributed by atoms with Gasteiger partial charge in [-0.3, -0.25) is 0 Å². The van der Waals surface area contributed by atoms with E-state index in [2.05, 4.69) is 88.0 Å². The van der Waals surface area contributed by atoms with Crippen molar-refractivity contribution in [1.29, 1.82) is 0 Å². The van der Waals surface area contributed by atoms with Crippen molar-refractivity contribution < 1.29 is 18.6 Å². The number of unbranched alkanes of at least 4 members (excludes halogenated alkanes) is 6. The van der Waals surface area contributed by atoms with Crippen LogP contribution in [0.3, 0.4) is 0 Å². The maximum absolute atomic E-state index is 6.33. The summed E-state index contributed by atoms with van der Waals surface area (Å²) in [6.45, 7) is 16.1. The van der Waals surface area contributed by atoms with Crippen molar-refractivity contribution in [2.45, 2.75) is 89.1 Å². The lowest BCUT2D eigenvalue weighted by atomic mass is 9.67. The van der Waals surface area contributed by atoms with E-state index >= 15 is 0 Å². The summed E-state index contributed by atoms with van der Waals surface area (Å²) in [5.41, 5.74) is 6.79. The second-order valence-corrected chi connectivity index (χ2v) is 13.9. The van der Waals surface area contributed by atoms with Crippen LogP contribution in [-0.2, 0) is 24.0 Å². The minimum atomic E-state index is -0.515. The molecule has 0 atom stereocenters. The van der Waals surface area contributed by atoms with Crippen molar-refractivity contribution in [3.8, 4) is 11.1 Å². The molecular formula is C34H42B2Br2O4. The maximum atomic E-state index is 6.33. The summed E-state index contributed by atoms with van der Waals surface area (Å²) in [6.07, 6.45) is 11.9. The first-order valence-electron chi connectivity index (χ1n) is 15.4. The fraction of sp³-hybridized carbons (Fsp3) is 0.471. The molecule has 0 saturated carbocycles. The van der Waals surface area contributed by atoms with Gasteiger partial charge in [0.15, 0.2) is 0 Å². The van der Waals surface area contributed by atoms with Gasteiger partial charge < -0.3 is 18.6 Å². The predicted octanol–water partition coefficient (Wildman–Crippen LogP) is 8.45. The van der Waals surface area contributed by atoms with Gasteiger partial charge in [-0.15, -0.1) is 0 Å². The van der Waals surface area contributed by atoms with Crippen LogP contribution in [0, 0.1) is 0 Å². The van der Waals surface area contributed by atoms with Crippen LogP contribution in [0.2, 0.25) is 0 Å². The van der Waals surface area contributed by atoms with Crippen LogP contribution in [0.15, 0.2) is 73.4 Å². The van der Waals surface area contributed by atoms with E-state index in [-0.39, 0.29) is 5.41 Å². The number of fused-ring (bicyclic) bond motifs is 3. The molecule has 2 saturated heterocycles. The van der Waals surface area contributed by atoms with Crippen LogP contribution < -0.4 is 10.9 Å². The van der Waals surface area contributed by atoms with E-state index in [9.17, 15) is 0 Å². The molecule has 2 aromatic carbocycles. The molecule has 2 aromatic rings. The van der Waals surface area contributed by atoms with Crippen molar-refractivity contribution in [2.24, 2.45) is 0 Å². The van der Waals surface area contributed by atoms with Gasteiger partial charge >= 0.3 is 14.2 Å². The maximum Gasteiger partial charge on any atom is 0.632 e. The largest absolute Gasteiger partial charge is 0.632 e. The Morgan fingerprint density at radius 1 is 0.643 bits per heavy atom. The molecule has 2 fully saturated rings. The van der Waals surface area contributed by atoms with Crippen molar-refractivity contribution in [1.82, 2.24) is 0 Å². The summed E-state index contributed by atoms with van der Waals surface area (Å²) < 4.78 is 24.4. The van der Waals surface area contributed by atoms with Gasteiger partial charge in [-0.05, 0) is 67.2 Å². The van der Waals surface area contributed by atoms with Gasteiger partial charge in [-0.25, -0.2) is 0 Å². The lowest BCUT2D eigenvalue weighted by molar-refractivity contribution is 0.173. The lowest BCUT2D eigenvalue weighted by Gasteiger charge is -2.33. The Labute approximate surface area is 269 Å². The highest BCUT2D eigenvalue weighted by Gasteiger charge is 2.47. The number of hydrogen-bond acceptors (Lipinski definition) is 4. The first-order valence-corrected chi connectivity index (χ1v) is 17.6. The molecule has 0 unspecified atom stereocenters. The topological polar surface area (TPSA) is 36.9 Å². The second kappa shape index (κ2) is 13.4. The first kappa shape index (κ1) is 31.5. The molecule has 3 aliphatic rings. The average Bonchev–Trinajstić information content (AvgIpc) is 3.56. The molecule has 0 aromatic heterocycles. The molecule has 5 rings (SSSR count). The number of alkyl halides is 2. The Kier molecular flexibility index (Phi) is 10.1. The number of benzene rings is 2. The second-order valence-electron chi connectivity index (χ2n) is 12.3. The van der Waals surface area contributed by atoms with Gasteiger partial charge in [0.05, 0.1) is 5.76 Å². The molecule has 4 nitrogen and oxygen atoms in total. The van der Waals surface area contributed by atoms with E-state index in [1.165, 1.54) is 73.6 Å². The molecule has 0 amide bonds. The summed E-state index contributed by atoms with van der Waals surface area (Å²) in [5, 5.41) is 2.12. The number of rotatable bonds is 14. The van der Waals surface area contributed by atoms with E-state index < -0.39 is 19.8 Å². The molecule has 0 bridgehead atoms. The Hall–Kier alpha value is -1.89. The van der Waals surface area contributed by atoms with Crippen LogP contribution in [0.4, 0.5) is 0 Å². The lowest BCUT2D eigenvalue weighted by Crippen LogP contribution is -2.36. The molecule has 0 N–H and O–H groups in total. The number of halogens is 2. The first-order chi connectivity index (χ1) is 20.2. The van der Waals surface area contributed by atoms with Gasteiger partial charge in [0, 0.05) is 21.5 Å². The normalized spacial score (nSPS) is 18.1. The van der Waals surface area contributed by atoms with Gasteiger partial charge in [0.1, 0.15) is 17.1 Å². The quantitative estimate of drug-likeness (QED) is 0.113. The monoisotopic (exact) mass is 694 g/mol. The van der Waals surface area contributed by atoms with Gasteiger partial charge in [-0.1, -0.05) is 127 Å². The van der Waals surface area contributed by atoms with Crippen LogP contribution in [0.1, 0.15) is 89.2 Å². The Balaban J connectivity index is 1.56. The van der Waals surface area contributed by atoms with Crippen LogP contribution >= 0.6 is 31.9 Å². The van der Waals surface area contributed by atoms with E-state index in [1.807, 2.05) is 13.8 Å². The van der Waals surface area contributed by atoms with Crippen LogP contribution in [-0.4, -0.2) is 30.5 Å².